The van der Waals surface area contributed by atoms with Gasteiger partial charge >= 0.3 is 0 Å². The number of hydrogen-bond donors (Lipinski definition) is 3. The minimum absolute atomic E-state index is 0.0488. The highest BCUT2D eigenvalue weighted by molar-refractivity contribution is 6.07. The lowest BCUT2D eigenvalue weighted by molar-refractivity contribution is -0.117. The summed E-state index contributed by atoms with van der Waals surface area (Å²) < 4.78 is 0. The second-order valence-corrected chi connectivity index (χ2v) is 10.7. The van der Waals surface area contributed by atoms with Gasteiger partial charge in [0.2, 0.25) is 5.91 Å². The highest BCUT2D eigenvalue weighted by Gasteiger charge is 2.51. The number of carbonyl (C=O) groups excluding carboxylic acids is 2. The zero-order chi connectivity index (χ0) is 21.7. The van der Waals surface area contributed by atoms with E-state index in [0.717, 1.165) is 42.0 Å². The Labute approximate surface area is 189 Å². The van der Waals surface area contributed by atoms with E-state index in [1.807, 2.05) is 30.3 Å². The van der Waals surface area contributed by atoms with Crippen LogP contribution in [0.25, 0.3) is 0 Å². The van der Waals surface area contributed by atoms with E-state index in [-0.39, 0.29) is 23.3 Å². The van der Waals surface area contributed by atoms with Crippen molar-refractivity contribution < 1.29 is 9.59 Å². The summed E-state index contributed by atoms with van der Waals surface area (Å²) in [6.07, 6.45) is 9.91. The normalized spacial score (nSPS) is 30.1. The van der Waals surface area contributed by atoms with Gasteiger partial charge < -0.3 is 16.0 Å². The fourth-order valence-corrected chi connectivity index (χ4v) is 6.77. The van der Waals surface area contributed by atoms with Crippen LogP contribution in [0.1, 0.15) is 61.7 Å². The van der Waals surface area contributed by atoms with E-state index in [2.05, 4.69) is 22.0 Å². The third-order valence-corrected chi connectivity index (χ3v) is 7.95. The molecule has 0 saturated heterocycles. The van der Waals surface area contributed by atoms with Crippen LogP contribution in [-0.2, 0) is 4.79 Å². The molecule has 0 unspecified atom stereocenters. The quantitative estimate of drug-likeness (QED) is 0.554. The van der Waals surface area contributed by atoms with Gasteiger partial charge in [-0.25, -0.2) is 0 Å². The predicted molar refractivity (Wildman–Crippen MR) is 127 cm³/mol. The summed E-state index contributed by atoms with van der Waals surface area (Å²) in [6.45, 7) is 0. The molecule has 0 aliphatic heterocycles. The molecule has 2 aromatic rings. The molecule has 5 nitrogen and oxygen atoms in total. The van der Waals surface area contributed by atoms with Crippen LogP contribution in [-0.4, -0.2) is 17.4 Å². The molecule has 5 saturated carbocycles. The van der Waals surface area contributed by atoms with Gasteiger partial charge in [0.1, 0.15) is 0 Å². The average Bonchev–Trinajstić information content (AvgIpc) is 3.60. The van der Waals surface area contributed by atoms with E-state index in [0.29, 0.717) is 11.3 Å². The molecule has 0 aromatic heterocycles. The van der Waals surface area contributed by atoms with E-state index >= 15 is 0 Å². The molecule has 0 heterocycles. The fourth-order valence-electron chi connectivity index (χ4n) is 6.77. The summed E-state index contributed by atoms with van der Waals surface area (Å²) in [5.74, 6) is 2.62. The first-order valence-electron chi connectivity index (χ1n) is 12.1. The summed E-state index contributed by atoms with van der Waals surface area (Å²) in [7, 11) is 0. The highest BCUT2D eigenvalue weighted by atomic mass is 16.2. The van der Waals surface area contributed by atoms with Gasteiger partial charge in [-0.2, -0.15) is 0 Å². The fraction of sp³-hybridized carbons (Fsp3) is 0.481. The summed E-state index contributed by atoms with van der Waals surface area (Å²) >= 11 is 0. The lowest BCUT2D eigenvalue weighted by Gasteiger charge is -2.57. The molecule has 3 N–H and O–H groups in total. The smallest absolute Gasteiger partial charge is 0.255 e. The lowest BCUT2D eigenvalue weighted by Crippen LogP contribution is -2.54. The molecule has 4 bridgehead atoms. The van der Waals surface area contributed by atoms with Gasteiger partial charge in [-0.15, -0.1) is 0 Å². The van der Waals surface area contributed by atoms with Gasteiger partial charge in [0, 0.05) is 22.7 Å². The highest BCUT2D eigenvalue weighted by Crippen LogP contribution is 2.56. The van der Waals surface area contributed by atoms with Gasteiger partial charge in [-0.1, -0.05) is 18.2 Å². The topological polar surface area (TPSA) is 70.2 Å². The van der Waals surface area contributed by atoms with Gasteiger partial charge in [-0.3, -0.25) is 9.59 Å². The predicted octanol–water partition coefficient (Wildman–Crippen LogP) is 5.67. The van der Waals surface area contributed by atoms with Crippen LogP contribution in [0.4, 0.5) is 17.1 Å². The third-order valence-electron chi connectivity index (χ3n) is 7.95. The van der Waals surface area contributed by atoms with Crippen LogP contribution in [0, 0.1) is 23.7 Å². The molecule has 5 fully saturated rings. The number of anilines is 3. The van der Waals surface area contributed by atoms with Crippen molar-refractivity contribution in [1.82, 2.24) is 0 Å². The molecule has 0 spiro atoms. The Balaban J connectivity index is 1.18. The number of para-hydroxylation sites is 2. The molecule has 5 heteroatoms. The minimum Gasteiger partial charge on any atom is -0.378 e. The summed E-state index contributed by atoms with van der Waals surface area (Å²) in [6, 6.07) is 15.2. The maximum atomic E-state index is 13.1. The van der Waals surface area contributed by atoms with E-state index < -0.39 is 0 Å². The van der Waals surface area contributed by atoms with Crippen molar-refractivity contribution in [3.05, 3.63) is 54.1 Å². The van der Waals surface area contributed by atoms with Crippen molar-refractivity contribution in [2.24, 2.45) is 23.7 Å². The van der Waals surface area contributed by atoms with Crippen LogP contribution in [0.5, 0.6) is 0 Å². The molecule has 5 aliphatic carbocycles. The molecule has 166 valence electrons. The van der Waals surface area contributed by atoms with Gasteiger partial charge in [-0.05, 0) is 99.5 Å². The molecule has 5 aliphatic rings. The van der Waals surface area contributed by atoms with Crippen LogP contribution >= 0.6 is 0 Å². The maximum absolute atomic E-state index is 13.1. The van der Waals surface area contributed by atoms with E-state index in [9.17, 15) is 9.59 Å². The molecular weight excluding hydrogens is 398 g/mol. The van der Waals surface area contributed by atoms with Crippen LogP contribution in [0.15, 0.2) is 48.5 Å². The van der Waals surface area contributed by atoms with Gasteiger partial charge in [0.05, 0.1) is 11.4 Å². The molecule has 2 aromatic carbocycles. The van der Waals surface area contributed by atoms with Crippen molar-refractivity contribution in [3.8, 4) is 0 Å². The number of nitrogens with one attached hydrogen (secondary N) is 3. The maximum Gasteiger partial charge on any atom is 0.255 e. The number of amides is 2. The number of carbonyl (C=O) groups is 2. The molecule has 0 atom stereocenters. The van der Waals surface area contributed by atoms with Crippen LogP contribution in [0.2, 0.25) is 0 Å². The summed E-state index contributed by atoms with van der Waals surface area (Å²) in [5, 5.41) is 9.94. The number of hydrogen-bond acceptors (Lipinski definition) is 3. The second-order valence-electron chi connectivity index (χ2n) is 10.7. The van der Waals surface area contributed by atoms with E-state index in [4.69, 9.17) is 0 Å². The largest absolute Gasteiger partial charge is 0.378 e. The van der Waals surface area contributed by atoms with Gasteiger partial charge in [0.25, 0.3) is 5.91 Å². The molecule has 32 heavy (non-hydrogen) atoms. The number of benzene rings is 2. The van der Waals surface area contributed by atoms with Crippen molar-refractivity contribution >= 4 is 28.9 Å². The standard InChI is InChI=1S/C27H31N3O2/c31-25(20-8-9-20)28-22-5-3-4-21(13-22)26(32)29-23-6-1-2-7-24(23)30-27-14-17-10-18(15-27)12-19(11-17)16-27/h1-7,13,17-20,30H,8-12,14-16H2,(H,28,31)(H,29,32). The Morgan fingerprint density at radius 3 is 2.09 bits per heavy atom. The zero-order valence-electron chi connectivity index (χ0n) is 18.4. The Hall–Kier alpha value is -2.82. The first kappa shape index (κ1) is 19.8. The molecule has 2 amide bonds. The first-order chi connectivity index (χ1) is 15.6. The van der Waals surface area contributed by atoms with Gasteiger partial charge in [0.15, 0.2) is 0 Å². The third kappa shape index (κ3) is 3.89. The zero-order valence-corrected chi connectivity index (χ0v) is 18.4. The Morgan fingerprint density at radius 2 is 1.44 bits per heavy atom. The van der Waals surface area contributed by atoms with Crippen LogP contribution in [0.3, 0.4) is 0 Å². The molecule has 7 rings (SSSR count). The number of rotatable bonds is 6. The van der Waals surface area contributed by atoms with Crippen molar-refractivity contribution in [2.75, 3.05) is 16.0 Å². The van der Waals surface area contributed by atoms with E-state index in [1.54, 1.807) is 12.1 Å². The Bertz CT molecular complexity index is 1020. The summed E-state index contributed by atoms with van der Waals surface area (Å²) in [5.41, 5.74) is 3.24. The van der Waals surface area contributed by atoms with Crippen molar-refractivity contribution in [2.45, 2.75) is 56.9 Å². The molecule has 0 radical (unpaired) electrons. The van der Waals surface area contributed by atoms with Crippen molar-refractivity contribution in [3.63, 3.8) is 0 Å². The SMILES string of the molecule is O=C(Nc1ccccc1NC12CC3CC(CC(C3)C1)C2)c1cccc(NC(=O)C2CC2)c1. The minimum atomic E-state index is -0.160. The van der Waals surface area contributed by atoms with E-state index in [1.165, 1.54) is 38.5 Å². The second kappa shape index (κ2) is 7.65. The first-order valence-corrected chi connectivity index (χ1v) is 12.1. The lowest BCUT2D eigenvalue weighted by atomic mass is 9.53. The Morgan fingerprint density at radius 1 is 0.781 bits per heavy atom. The molecular formula is C27H31N3O2. The Kier molecular flexibility index (Phi) is 4.74. The summed E-state index contributed by atoms with van der Waals surface area (Å²) in [4.78, 5) is 25.1. The van der Waals surface area contributed by atoms with Crippen LogP contribution < -0.4 is 16.0 Å². The average molecular weight is 430 g/mol. The van der Waals surface area contributed by atoms with Crippen molar-refractivity contribution in [1.29, 1.82) is 0 Å². The monoisotopic (exact) mass is 429 g/mol.